The van der Waals surface area contributed by atoms with Crippen LogP contribution in [0.25, 0.3) is 0 Å². The molecule has 7 heteroatoms. The van der Waals surface area contributed by atoms with E-state index in [4.69, 9.17) is 15.3 Å². The van der Waals surface area contributed by atoms with Crippen molar-refractivity contribution in [3.05, 3.63) is 12.2 Å². The first-order chi connectivity index (χ1) is 7.81. The Balaban J connectivity index is 4.18. The molecule has 0 aromatic carbocycles. The molecule has 0 bridgehead atoms. The van der Waals surface area contributed by atoms with Crippen LogP contribution in [0.3, 0.4) is 0 Å². The van der Waals surface area contributed by atoms with Gasteiger partial charge in [-0.3, -0.25) is 0 Å². The summed E-state index contributed by atoms with van der Waals surface area (Å²) in [5.41, 5.74) is -0.131. The van der Waals surface area contributed by atoms with Crippen LogP contribution in [0.15, 0.2) is 12.2 Å². The van der Waals surface area contributed by atoms with Crippen molar-refractivity contribution in [3.8, 4) is 0 Å². The maximum absolute atomic E-state index is 10.4. The number of rotatable bonds is 8. The second kappa shape index (κ2) is 7.36. The van der Waals surface area contributed by atoms with Crippen molar-refractivity contribution in [1.29, 1.82) is 0 Å². The molecule has 0 aliphatic rings. The number of carboxylic acid groups (broad SMARTS) is 1. The second-order valence-corrected chi connectivity index (χ2v) is 3.75. The Bertz CT molecular complexity index is 265. The van der Waals surface area contributed by atoms with E-state index in [2.05, 4.69) is 6.58 Å². The standard InChI is InChI=1S/C10H18O7/c1-5(10(16)17)2-3-6(12)8(14)9(15)7(13)4-11/h6-9,11-15H,1-4H2,(H,16,17). The maximum atomic E-state index is 10.4. The third kappa shape index (κ3) is 5.24. The van der Waals surface area contributed by atoms with Gasteiger partial charge >= 0.3 is 5.97 Å². The van der Waals surface area contributed by atoms with Crippen LogP contribution in [-0.2, 0) is 4.79 Å². The van der Waals surface area contributed by atoms with E-state index >= 15 is 0 Å². The van der Waals surface area contributed by atoms with E-state index in [0.717, 1.165) is 0 Å². The van der Waals surface area contributed by atoms with Crippen molar-refractivity contribution < 1.29 is 35.4 Å². The highest BCUT2D eigenvalue weighted by Crippen LogP contribution is 2.12. The van der Waals surface area contributed by atoms with Gasteiger partial charge < -0.3 is 30.6 Å². The van der Waals surface area contributed by atoms with Gasteiger partial charge in [0.15, 0.2) is 0 Å². The lowest BCUT2D eigenvalue weighted by atomic mass is 9.98. The van der Waals surface area contributed by atoms with Gasteiger partial charge in [0.05, 0.1) is 12.7 Å². The van der Waals surface area contributed by atoms with Gasteiger partial charge in [0, 0.05) is 5.57 Å². The average molecular weight is 250 g/mol. The summed E-state index contributed by atoms with van der Waals surface area (Å²) >= 11 is 0. The molecule has 7 nitrogen and oxygen atoms in total. The Labute approximate surface area is 98.3 Å². The molecule has 0 heterocycles. The Morgan fingerprint density at radius 2 is 1.53 bits per heavy atom. The van der Waals surface area contributed by atoms with E-state index < -0.39 is 37.0 Å². The largest absolute Gasteiger partial charge is 0.478 e. The normalized spacial score (nSPS) is 18.2. The van der Waals surface area contributed by atoms with Gasteiger partial charge in [-0.1, -0.05) is 6.58 Å². The molecule has 17 heavy (non-hydrogen) atoms. The second-order valence-electron chi connectivity index (χ2n) is 3.75. The summed E-state index contributed by atoms with van der Waals surface area (Å²) in [6.07, 6.45) is -6.53. The van der Waals surface area contributed by atoms with Crippen LogP contribution in [-0.4, -0.2) is 67.6 Å². The van der Waals surface area contributed by atoms with Gasteiger partial charge in [-0.15, -0.1) is 0 Å². The Hall–Kier alpha value is -0.990. The monoisotopic (exact) mass is 250 g/mol. The van der Waals surface area contributed by atoms with Crippen molar-refractivity contribution in [2.75, 3.05) is 6.61 Å². The fourth-order valence-corrected chi connectivity index (χ4v) is 1.16. The molecule has 4 unspecified atom stereocenters. The molecule has 0 aliphatic carbocycles. The molecular weight excluding hydrogens is 232 g/mol. The lowest BCUT2D eigenvalue weighted by molar-refractivity contribution is -0.133. The SMILES string of the molecule is C=C(CCC(O)C(O)C(O)C(O)CO)C(=O)O. The first kappa shape index (κ1) is 16.0. The van der Waals surface area contributed by atoms with Crippen molar-refractivity contribution in [2.45, 2.75) is 37.3 Å². The van der Waals surface area contributed by atoms with Gasteiger partial charge in [0.1, 0.15) is 18.3 Å². The number of aliphatic hydroxyl groups excluding tert-OH is 5. The molecule has 6 N–H and O–H groups in total. The molecule has 0 aliphatic heterocycles. The fourth-order valence-electron chi connectivity index (χ4n) is 1.16. The summed E-state index contributed by atoms with van der Waals surface area (Å²) in [5, 5.41) is 54.2. The quantitative estimate of drug-likeness (QED) is 0.270. The van der Waals surface area contributed by atoms with Gasteiger partial charge in [0.25, 0.3) is 0 Å². The first-order valence-electron chi connectivity index (χ1n) is 5.05. The number of aliphatic carboxylic acids is 1. The van der Waals surface area contributed by atoms with E-state index in [1.807, 2.05) is 0 Å². The summed E-state index contributed by atoms with van der Waals surface area (Å²) in [6.45, 7) is 2.48. The van der Waals surface area contributed by atoms with Crippen LogP contribution in [0.1, 0.15) is 12.8 Å². The van der Waals surface area contributed by atoms with Crippen LogP contribution in [0.2, 0.25) is 0 Å². The number of carbonyl (C=O) groups is 1. The third-order valence-corrected chi connectivity index (χ3v) is 2.37. The van der Waals surface area contributed by atoms with Gasteiger partial charge in [-0.25, -0.2) is 4.79 Å². The zero-order valence-corrected chi connectivity index (χ0v) is 9.23. The van der Waals surface area contributed by atoms with E-state index in [0.29, 0.717) is 0 Å². The van der Waals surface area contributed by atoms with E-state index in [9.17, 15) is 20.1 Å². The highest BCUT2D eigenvalue weighted by Gasteiger charge is 2.29. The lowest BCUT2D eigenvalue weighted by Gasteiger charge is -2.25. The summed E-state index contributed by atoms with van der Waals surface area (Å²) in [6, 6.07) is 0. The minimum Gasteiger partial charge on any atom is -0.478 e. The van der Waals surface area contributed by atoms with Crippen molar-refractivity contribution in [2.24, 2.45) is 0 Å². The molecule has 0 saturated carbocycles. The topological polar surface area (TPSA) is 138 Å². The Morgan fingerprint density at radius 1 is 1.06 bits per heavy atom. The van der Waals surface area contributed by atoms with Crippen LogP contribution < -0.4 is 0 Å². The molecule has 0 fully saturated rings. The average Bonchev–Trinajstić information content (AvgIpc) is 2.32. The van der Waals surface area contributed by atoms with Crippen molar-refractivity contribution in [1.82, 2.24) is 0 Å². The van der Waals surface area contributed by atoms with E-state index in [-0.39, 0.29) is 18.4 Å². The highest BCUT2D eigenvalue weighted by atomic mass is 16.4. The Morgan fingerprint density at radius 3 is 1.94 bits per heavy atom. The minimum absolute atomic E-state index is 0.0600. The first-order valence-corrected chi connectivity index (χ1v) is 5.05. The van der Waals surface area contributed by atoms with Crippen molar-refractivity contribution in [3.63, 3.8) is 0 Å². The molecule has 100 valence electrons. The van der Waals surface area contributed by atoms with Crippen molar-refractivity contribution >= 4 is 5.97 Å². The Kier molecular flexibility index (Phi) is 6.93. The predicted molar refractivity (Wildman–Crippen MR) is 57.1 cm³/mol. The van der Waals surface area contributed by atoms with Gasteiger partial charge in [0.2, 0.25) is 0 Å². The molecular formula is C10H18O7. The van der Waals surface area contributed by atoms with Gasteiger partial charge in [-0.2, -0.15) is 0 Å². The molecule has 4 atom stereocenters. The summed E-state index contributed by atoms with van der Waals surface area (Å²) in [7, 11) is 0. The lowest BCUT2D eigenvalue weighted by Crippen LogP contribution is -2.45. The molecule has 0 amide bonds. The predicted octanol–water partition coefficient (Wildman–Crippen LogP) is -2.16. The fraction of sp³-hybridized carbons (Fsp3) is 0.700. The van der Waals surface area contributed by atoms with E-state index in [1.54, 1.807) is 0 Å². The minimum atomic E-state index is -1.70. The zero-order chi connectivity index (χ0) is 13.6. The number of hydrogen-bond donors (Lipinski definition) is 6. The molecule has 0 aromatic rings. The highest BCUT2D eigenvalue weighted by molar-refractivity contribution is 5.85. The summed E-state index contributed by atoms with van der Waals surface area (Å²) in [4.78, 5) is 10.4. The number of hydrogen-bond acceptors (Lipinski definition) is 6. The zero-order valence-electron chi connectivity index (χ0n) is 9.23. The molecule has 0 rings (SSSR count). The third-order valence-electron chi connectivity index (χ3n) is 2.37. The molecule has 0 spiro atoms. The van der Waals surface area contributed by atoms with Crippen LogP contribution in [0.5, 0.6) is 0 Å². The smallest absolute Gasteiger partial charge is 0.330 e. The van der Waals surface area contributed by atoms with Gasteiger partial charge in [-0.05, 0) is 12.8 Å². The summed E-state index contributed by atoms with van der Waals surface area (Å²) < 4.78 is 0. The van der Waals surface area contributed by atoms with Crippen LogP contribution in [0.4, 0.5) is 0 Å². The van der Waals surface area contributed by atoms with E-state index in [1.165, 1.54) is 0 Å². The molecule has 0 saturated heterocycles. The summed E-state index contributed by atoms with van der Waals surface area (Å²) in [5.74, 6) is -1.21. The van der Waals surface area contributed by atoms with Crippen LogP contribution >= 0.6 is 0 Å². The molecule has 0 radical (unpaired) electrons. The van der Waals surface area contributed by atoms with Crippen LogP contribution in [0, 0.1) is 0 Å². The molecule has 0 aromatic heterocycles. The number of carboxylic acids is 1. The maximum Gasteiger partial charge on any atom is 0.330 e. The number of aliphatic hydroxyl groups is 5.